The Balaban J connectivity index is 1.22. The SMILES string of the molecule is O=C(O)CC1CC2(CCN(C(=O)OCC3c4ccccc4-c4ccccc43)C2)C1. The van der Waals surface area contributed by atoms with Gasteiger partial charge in [-0.05, 0) is 52.8 Å². The van der Waals surface area contributed by atoms with Gasteiger partial charge in [0.05, 0.1) is 0 Å². The fraction of sp³-hybridized carbons (Fsp3) is 0.417. The lowest BCUT2D eigenvalue weighted by atomic mass is 9.60. The predicted molar refractivity (Wildman–Crippen MR) is 109 cm³/mol. The Kier molecular flexibility index (Phi) is 4.34. The van der Waals surface area contributed by atoms with E-state index in [2.05, 4.69) is 24.3 Å². The summed E-state index contributed by atoms with van der Waals surface area (Å²) in [5.41, 5.74) is 5.00. The summed E-state index contributed by atoms with van der Waals surface area (Å²) in [7, 11) is 0. The van der Waals surface area contributed by atoms with E-state index in [-0.39, 0.29) is 29.8 Å². The van der Waals surface area contributed by atoms with Gasteiger partial charge in [-0.2, -0.15) is 0 Å². The number of carbonyl (C=O) groups excluding carboxylic acids is 1. The normalized spacial score (nSPS) is 24.8. The molecule has 0 radical (unpaired) electrons. The summed E-state index contributed by atoms with van der Waals surface area (Å²) in [5, 5.41) is 8.95. The summed E-state index contributed by atoms with van der Waals surface area (Å²) in [6, 6.07) is 16.7. The van der Waals surface area contributed by atoms with Crippen molar-refractivity contribution < 1.29 is 19.4 Å². The third-order valence-corrected chi connectivity index (χ3v) is 6.94. The number of nitrogens with zero attached hydrogens (tertiary/aromatic N) is 1. The number of aliphatic carboxylic acids is 1. The second kappa shape index (κ2) is 6.90. The minimum absolute atomic E-state index is 0.0755. The van der Waals surface area contributed by atoms with Crippen molar-refractivity contribution in [3.63, 3.8) is 0 Å². The molecule has 2 fully saturated rings. The molecule has 5 nitrogen and oxygen atoms in total. The van der Waals surface area contributed by atoms with Gasteiger partial charge in [0.15, 0.2) is 0 Å². The molecule has 1 amide bonds. The number of hydrogen-bond donors (Lipinski definition) is 1. The van der Waals surface area contributed by atoms with Crippen molar-refractivity contribution in [2.45, 2.75) is 31.6 Å². The molecule has 5 rings (SSSR count). The number of hydrogen-bond acceptors (Lipinski definition) is 3. The molecule has 150 valence electrons. The maximum absolute atomic E-state index is 12.7. The second-order valence-corrected chi connectivity index (χ2v) is 8.85. The zero-order chi connectivity index (χ0) is 20.0. The van der Waals surface area contributed by atoms with E-state index in [1.165, 1.54) is 22.3 Å². The van der Waals surface area contributed by atoms with Gasteiger partial charge in [0.1, 0.15) is 6.61 Å². The smallest absolute Gasteiger partial charge is 0.409 e. The van der Waals surface area contributed by atoms with E-state index in [0.717, 1.165) is 19.3 Å². The maximum atomic E-state index is 12.7. The highest BCUT2D eigenvalue weighted by Crippen LogP contribution is 2.53. The van der Waals surface area contributed by atoms with Gasteiger partial charge in [-0.15, -0.1) is 0 Å². The van der Waals surface area contributed by atoms with E-state index in [0.29, 0.717) is 19.7 Å². The largest absolute Gasteiger partial charge is 0.481 e. The zero-order valence-electron chi connectivity index (χ0n) is 16.3. The first-order chi connectivity index (χ1) is 14.0. The van der Waals surface area contributed by atoms with Crippen LogP contribution in [0.3, 0.4) is 0 Å². The first-order valence-electron chi connectivity index (χ1n) is 10.4. The molecule has 1 spiro atoms. The summed E-state index contributed by atoms with van der Waals surface area (Å²) in [5.74, 6) is -0.391. The molecule has 1 saturated heterocycles. The van der Waals surface area contributed by atoms with Crippen LogP contribution in [0.4, 0.5) is 4.79 Å². The number of fused-ring (bicyclic) bond motifs is 3. The molecule has 2 aromatic carbocycles. The number of amides is 1. The molecule has 0 atom stereocenters. The highest BCUT2D eigenvalue weighted by Gasteiger charge is 2.50. The van der Waals surface area contributed by atoms with E-state index < -0.39 is 5.97 Å². The summed E-state index contributed by atoms with van der Waals surface area (Å²) in [6.07, 6.45) is 2.77. The molecule has 2 aliphatic carbocycles. The van der Waals surface area contributed by atoms with Gasteiger partial charge in [-0.25, -0.2) is 4.79 Å². The van der Waals surface area contributed by atoms with Crippen LogP contribution >= 0.6 is 0 Å². The highest BCUT2D eigenvalue weighted by atomic mass is 16.6. The van der Waals surface area contributed by atoms with Crippen molar-refractivity contribution in [1.82, 2.24) is 4.90 Å². The molecule has 1 N–H and O–H groups in total. The molecule has 2 aromatic rings. The number of ether oxygens (including phenoxy) is 1. The van der Waals surface area contributed by atoms with Crippen LogP contribution in [0.2, 0.25) is 0 Å². The minimum Gasteiger partial charge on any atom is -0.481 e. The molecule has 1 saturated carbocycles. The van der Waals surface area contributed by atoms with E-state index in [1.807, 2.05) is 29.2 Å². The van der Waals surface area contributed by atoms with Crippen LogP contribution in [-0.4, -0.2) is 41.8 Å². The van der Waals surface area contributed by atoms with E-state index >= 15 is 0 Å². The van der Waals surface area contributed by atoms with Gasteiger partial charge in [0.25, 0.3) is 0 Å². The van der Waals surface area contributed by atoms with Crippen LogP contribution in [-0.2, 0) is 9.53 Å². The Morgan fingerprint density at radius 1 is 1.03 bits per heavy atom. The number of carbonyl (C=O) groups is 2. The number of carboxylic acids is 1. The average molecular weight is 391 g/mol. The van der Waals surface area contributed by atoms with Crippen LogP contribution < -0.4 is 0 Å². The Morgan fingerprint density at radius 2 is 1.66 bits per heavy atom. The van der Waals surface area contributed by atoms with Gasteiger partial charge in [-0.3, -0.25) is 4.79 Å². The van der Waals surface area contributed by atoms with Crippen LogP contribution in [0.15, 0.2) is 48.5 Å². The first kappa shape index (κ1) is 18.2. The van der Waals surface area contributed by atoms with Crippen molar-refractivity contribution >= 4 is 12.1 Å². The number of rotatable bonds is 4. The monoisotopic (exact) mass is 391 g/mol. The molecular formula is C24H25NO4. The lowest BCUT2D eigenvalue weighted by Gasteiger charge is -2.44. The molecule has 5 heteroatoms. The lowest BCUT2D eigenvalue weighted by Crippen LogP contribution is -2.41. The Bertz CT molecular complexity index is 917. The topological polar surface area (TPSA) is 66.8 Å². The number of benzene rings is 2. The number of carboxylic acid groups (broad SMARTS) is 1. The van der Waals surface area contributed by atoms with Gasteiger partial charge in [0.2, 0.25) is 0 Å². The molecule has 3 aliphatic rings. The Morgan fingerprint density at radius 3 is 2.28 bits per heavy atom. The summed E-state index contributed by atoms with van der Waals surface area (Å²) >= 11 is 0. The van der Waals surface area contributed by atoms with E-state index in [9.17, 15) is 9.59 Å². The molecule has 0 unspecified atom stereocenters. The molecule has 1 aliphatic heterocycles. The quantitative estimate of drug-likeness (QED) is 0.833. The third kappa shape index (κ3) is 3.18. The minimum atomic E-state index is -0.726. The summed E-state index contributed by atoms with van der Waals surface area (Å²) in [4.78, 5) is 25.4. The van der Waals surface area contributed by atoms with Gasteiger partial charge < -0.3 is 14.7 Å². The van der Waals surface area contributed by atoms with E-state index in [1.54, 1.807) is 0 Å². The summed E-state index contributed by atoms with van der Waals surface area (Å²) in [6.45, 7) is 1.74. The summed E-state index contributed by atoms with van der Waals surface area (Å²) < 4.78 is 5.77. The molecule has 1 heterocycles. The van der Waals surface area contributed by atoms with Crippen LogP contribution in [0.25, 0.3) is 11.1 Å². The van der Waals surface area contributed by atoms with E-state index in [4.69, 9.17) is 9.84 Å². The van der Waals surface area contributed by atoms with Gasteiger partial charge >= 0.3 is 12.1 Å². The van der Waals surface area contributed by atoms with Crippen molar-refractivity contribution in [2.24, 2.45) is 11.3 Å². The second-order valence-electron chi connectivity index (χ2n) is 8.85. The van der Waals surface area contributed by atoms with Crippen LogP contribution in [0, 0.1) is 11.3 Å². The molecule has 0 aromatic heterocycles. The Hall–Kier alpha value is -2.82. The van der Waals surface area contributed by atoms with Gasteiger partial charge in [0, 0.05) is 25.4 Å². The first-order valence-corrected chi connectivity index (χ1v) is 10.4. The molecule has 29 heavy (non-hydrogen) atoms. The third-order valence-electron chi connectivity index (χ3n) is 6.94. The Labute approximate surface area is 170 Å². The molecular weight excluding hydrogens is 366 g/mol. The number of likely N-dealkylation sites (tertiary alicyclic amines) is 1. The average Bonchev–Trinajstić information content (AvgIpc) is 3.26. The fourth-order valence-electron chi connectivity index (χ4n) is 5.67. The molecule has 0 bridgehead atoms. The van der Waals surface area contributed by atoms with Crippen LogP contribution in [0.5, 0.6) is 0 Å². The van der Waals surface area contributed by atoms with Crippen molar-refractivity contribution in [3.8, 4) is 11.1 Å². The predicted octanol–water partition coefficient (Wildman–Crippen LogP) is 4.51. The van der Waals surface area contributed by atoms with Crippen molar-refractivity contribution in [1.29, 1.82) is 0 Å². The van der Waals surface area contributed by atoms with Gasteiger partial charge in [-0.1, -0.05) is 48.5 Å². The highest BCUT2D eigenvalue weighted by molar-refractivity contribution is 5.79. The van der Waals surface area contributed by atoms with Crippen molar-refractivity contribution in [2.75, 3.05) is 19.7 Å². The zero-order valence-corrected chi connectivity index (χ0v) is 16.3. The maximum Gasteiger partial charge on any atom is 0.409 e. The lowest BCUT2D eigenvalue weighted by molar-refractivity contribution is -0.140. The standard InChI is InChI=1S/C24H25NO4/c26-22(27)11-16-12-24(13-16)9-10-25(15-24)23(28)29-14-21-19-7-3-1-5-17(19)18-6-2-4-8-20(18)21/h1-8,16,21H,9-15H2,(H,26,27). The van der Waals surface area contributed by atoms with Crippen LogP contribution in [0.1, 0.15) is 42.7 Å². The van der Waals surface area contributed by atoms with Crippen molar-refractivity contribution in [3.05, 3.63) is 59.7 Å². The fourth-order valence-corrected chi connectivity index (χ4v) is 5.67.